The summed E-state index contributed by atoms with van der Waals surface area (Å²) in [6.07, 6.45) is 0.277. The van der Waals surface area contributed by atoms with Crippen LogP contribution in [0.1, 0.15) is 28.6 Å². The Morgan fingerprint density at radius 1 is 1.24 bits per heavy atom. The first-order chi connectivity index (χ1) is 11.9. The van der Waals surface area contributed by atoms with Crippen molar-refractivity contribution >= 4 is 40.7 Å². The topological polar surface area (TPSA) is 66.5 Å². The summed E-state index contributed by atoms with van der Waals surface area (Å²) < 4.78 is 13.6. The Morgan fingerprint density at radius 3 is 2.48 bits per heavy atom. The average Bonchev–Trinajstić information content (AvgIpc) is 3.13. The van der Waals surface area contributed by atoms with Crippen molar-refractivity contribution in [1.82, 2.24) is 10.2 Å². The van der Waals surface area contributed by atoms with Crippen LogP contribution in [-0.2, 0) is 10.3 Å². The summed E-state index contributed by atoms with van der Waals surface area (Å²) >= 11 is 6.90. The number of carbonyl (C=O) groups excluding carboxylic acids is 3. The molecule has 0 saturated carbocycles. The molecule has 1 N–H and O–H groups in total. The Kier molecular flexibility index (Phi) is 4.62. The number of carbonyl (C=O) groups is 3. The van der Waals surface area contributed by atoms with Crippen molar-refractivity contribution in [3.63, 3.8) is 0 Å². The van der Waals surface area contributed by atoms with Gasteiger partial charge >= 0.3 is 6.03 Å². The summed E-state index contributed by atoms with van der Waals surface area (Å²) in [5.41, 5.74) is -0.818. The van der Waals surface area contributed by atoms with Gasteiger partial charge in [-0.05, 0) is 36.2 Å². The molecule has 0 radical (unpaired) electrons. The van der Waals surface area contributed by atoms with E-state index in [-0.39, 0.29) is 18.7 Å². The minimum Gasteiger partial charge on any atom is -0.319 e. The SMILES string of the molecule is CCC1(c2ccc(F)cc2)NC(=O)N(CC(=O)c2ccc(Cl)s2)C1=O. The molecule has 2 heterocycles. The Balaban J connectivity index is 1.88. The lowest BCUT2D eigenvalue weighted by molar-refractivity contribution is -0.131. The summed E-state index contributed by atoms with van der Waals surface area (Å²) in [6, 6.07) is 7.87. The van der Waals surface area contributed by atoms with Crippen molar-refractivity contribution in [3.8, 4) is 0 Å². The number of imide groups is 1. The first kappa shape index (κ1) is 17.6. The number of halogens is 2. The molecule has 5 nitrogen and oxygen atoms in total. The van der Waals surface area contributed by atoms with Gasteiger partial charge in [0.15, 0.2) is 5.78 Å². The molecule has 1 fully saturated rings. The van der Waals surface area contributed by atoms with Gasteiger partial charge in [0.05, 0.1) is 15.8 Å². The van der Waals surface area contributed by atoms with Crippen LogP contribution in [0.4, 0.5) is 9.18 Å². The highest BCUT2D eigenvalue weighted by atomic mass is 35.5. The molecule has 1 aliphatic heterocycles. The van der Waals surface area contributed by atoms with E-state index in [0.717, 1.165) is 16.2 Å². The molecule has 0 aliphatic carbocycles. The van der Waals surface area contributed by atoms with E-state index < -0.39 is 23.3 Å². The van der Waals surface area contributed by atoms with Crippen LogP contribution in [0.3, 0.4) is 0 Å². The van der Waals surface area contributed by atoms with Gasteiger partial charge in [-0.3, -0.25) is 14.5 Å². The van der Waals surface area contributed by atoms with Crippen LogP contribution in [0.15, 0.2) is 36.4 Å². The van der Waals surface area contributed by atoms with E-state index in [1.807, 2.05) is 0 Å². The summed E-state index contributed by atoms with van der Waals surface area (Å²) in [5.74, 6) is -1.33. The average molecular weight is 381 g/mol. The van der Waals surface area contributed by atoms with Gasteiger partial charge in [0, 0.05) is 0 Å². The van der Waals surface area contributed by atoms with Gasteiger partial charge < -0.3 is 5.32 Å². The van der Waals surface area contributed by atoms with Gasteiger partial charge in [-0.2, -0.15) is 0 Å². The highest BCUT2D eigenvalue weighted by Gasteiger charge is 2.51. The van der Waals surface area contributed by atoms with Crippen molar-refractivity contribution in [2.45, 2.75) is 18.9 Å². The van der Waals surface area contributed by atoms with E-state index in [9.17, 15) is 18.8 Å². The van der Waals surface area contributed by atoms with Gasteiger partial charge in [-0.1, -0.05) is 30.7 Å². The zero-order valence-electron chi connectivity index (χ0n) is 13.2. The van der Waals surface area contributed by atoms with Gasteiger partial charge in [0.2, 0.25) is 0 Å². The lowest BCUT2D eigenvalue weighted by Gasteiger charge is -2.25. The largest absolute Gasteiger partial charge is 0.325 e. The number of nitrogens with zero attached hydrogens (tertiary/aromatic N) is 1. The smallest absolute Gasteiger partial charge is 0.319 e. The van der Waals surface area contributed by atoms with Gasteiger partial charge in [-0.15, -0.1) is 11.3 Å². The highest BCUT2D eigenvalue weighted by molar-refractivity contribution is 7.18. The number of hydrogen-bond acceptors (Lipinski definition) is 4. The number of benzene rings is 1. The van der Waals surface area contributed by atoms with Crippen molar-refractivity contribution in [2.75, 3.05) is 6.54 Å². The van der Waals surface area contributed by atoms with E-state index in [0.29, 0.717) is 14.8 Å². The minimum atomic E-state index is -1.29. The van der Waals surface area contributed by atoms with Crippen molar-refractivity contribution < 1.29 is 18.8 Å². The molecule has 1 atom stereocenters. The second kappa shape index (κ2) is 6.57. The second-order valence-electron chi connectivity index (χ2n) is 5.61. The molecular weight excluding hydrogens is 367 g/mol. The van der Waals surface area contributed by atoms with Crippen LogP contribution in [-0.4, -0.2) is 29.2 Å². The summed E-state index contributed by atoms with van der Waals surface area (Å²) in [5, 5.41) is 2.65. The number of amides is 3. The third-order valence-corrected chi connectivity index (χ3v) is 5.47. The fraction of sp³-hybridized carbons (Fsp3) is 0.235. The molecule has 1 aromatic carbocycles. The fourth-order valence-corrected chi connectivity index (χ4v) is 3.80. The number of hydrogen-bond donors (Lipinski definition) is 1. The molecule has 1 saturated heterocycles. The first-order valence-corrected chi connectivity index (χ1v) is 8.75. The molecule has 1 unspecified atom stereocenters. The normalized spacial score (nSPS) is 20.0. The Hall–Kier alpha value is -2.25. The van der Waals surface area contributed by atoms with E-state index in [1.54, 1.807) is 19.1 Å². The molecule has 130 valence electrons. The highest BCUT2D eigenvalue weighted by Crippen LogP contribution is 2.33. The number of ketones is 1. The van der Waals surface area contributed by atoms with Crippen LogP contribution in [0, 0.1) is 5.82 Å². The lowest BCUT2D eigenvalue weighted by atomic mass is 9.87. The van der Waals surface area contributed by atoms with Crippen molar-refractivity contribution in [2.24, 2.45) is 0 Å². The van der Waals surface area contributed by atoms with Crippen LogP contribution < -0.4 is 5.32 Å². The molecule has 0 spiro atoms. The monoisotopic (exact) mass is 380 g/mol. The maximum absolute atomic E-state index is 13.2. The molecule has 0 bridgehead atoms. The van der Waals surface area contributed by atoms with Gasteiger partial charge in [0.25, 0.3) is 5.91 Å². The molecule has 3 amide bonds. The molecule has 25 heavy (non-hydrogen) atoms. The molecule has 1 aliphatic rings. The van der Waals surface area contributed by atoms with Crippen LogP contribution in [0.25, 0.3) is 0 Å². The Bertz CT molecular complexity index is 852. The number of nitrogens with one attached hydrogen (secondary N) is 1. The van der Waals surface area contributed by atoms with E-state index in [2.05, 4.69) is 5.32 Å². The van der Waals surface area contributed by atoms with Crippen LogP contribution in [0.2, 0.25) is 4.34 Å². The lowest BCUT2D eigenvalue weighted by Crippen LogP contribution is -2.43. The second-order valence-corrected chi connectivity index (χ2v) is 7.33. The predicted octanol–water partition coefficient (Wildman–Crippen LogP) is 3.58. The number of Topliss-reactive ketones (excluding diaryl/α,β-unsaturated/α-hetero) is 1. The van der Waals surface area contributed by atoms with Gasteiger partial charge in [0.1, 0.15) is 11.4 Å². The fourth-order valence-electron chi connectivity index (χ4n) is 2.83. The third kappa shape index (κ3) is 3.05. The number of rotatable bonds is 5. The van der Waals surface area contributed by atoms with Crippen molar-refractivity contribution in [1.29, 1.82) is 0 Å². The van der Waals surface area contributed by atoms with Crippen LogP contribution in [0.5, 0.6) is 0 Å². The zero-order chi connectivity index (χ0) is 18.2. The minimum absolute atomic E-state index is 0.277. The van der Waals surface area contributed by atoms with E-state index in [4.69, 9.17) is 11.6 Å². The third-order valence-electron chi connectivity index (χ3n) is 4.19. The maximum atomic E-state index is 13.2. The van der Waals surface area contributed by atoms with E-state index >= 15 is 0 Å². The standard InChI is InChI=1S/C17H14ClFN2O3S/c1-2-17(10-3-5-11(19)6-4-10)15(23)21(16(24)20-17)9-12(22)13-7-8-14(18)25-13/h3-8H,2,9H2,1H3,(H,20,24). The summed E-state index contributed by atoms with van der Waals surface area (Å²) in [4.78, 5) is 38.8. The maximum Gasteiger partial charge on any atom is 0.325 e. The van der Waals surface area contributed by atoms with Crippen molar-refractivity contribution in [3.05, 3.63) is 57.0 Å². The number of thiophene rings is 1. The number of urea groups is 1. The quantitative estimate of drug-likeness (QED) is 0.636. The predicted molar refractivity (Wildman–Crippen MR) is 92.3 cm³/mol. The molecule has 3 rings (SSSR count). The Morgan fingerprint density at radius 2 is 1.92 bits per heavy atom. The molecule has 1 aromatic heterocycles. The zero-order valence-corrected chi connectivity index (χ0v) is 14.8. The molecular formula is C17H14ClFN2O3S. The first-order valence-electron chi connectivity index (χ1n) is 7.56. The van der Waals surface area contributed by atoms with Gasteiger partial charge in [-0.25, -0.2) is 9.18 Å². The van der Waals surface area contributed by atoms with E-state index in [1.165, 1.54) is 24.3 Å². The summed E-state index contributed by atoms with van der Waals surface area (Å²) in [7, 11) is 0. The Labute approximate surface area is 152 Å². The van der Waals surface area contributed by atoms with Crippen LogP contribution >= 0.6 is 22.9 Å². The molecule has 2 aromatic rings. The summed E-state index contributed by atoms with van der Waals surface area (Å²) in [6.45, 7) is 1.37. The molecule has 8 heteroatoms.